The van der Waals surface area contributed by atoms with E-state index in [2.05, 4.69) is 5.32 Å². The SMILES string of the molecule is CCOc1ccccc1CCC(=O)Nc1cccc(CN2CCCCC2=O)c1. The van der Waals surface area contributed by atoms with Gasteiger partial charge in [-0.15, -0.1) is 0 Å². The summed E-state index contributed by atoms with van der Waals surface area (Å²) in [5, 5.41) is 2.97. The van der Waals surface area contributed by atoms with Crippen molar-refractivity contribution in [1.29, 1.82) is 0 Å². The Kier molecular flexibility index (Phi) is 7.06. The molecular formula is C23H28N2O3. The van der Waals surface area contributed by atoms with E-state index in [1.54, 1.807) is 0 Å². The van der Waals surface area contributed by atoms with Crippen LogP contribution >= 0.6 is 0 Å². The van der Waals surface area contributed by atoms with Gasteiger partial charge in [-0.05, 0) is 55.5 Å². The molecule has 5 nitrogen and oxygen atoms in total. The van der Waals surface area contributed by atoms with E-state index in [9.17, 15) is 9.59 Å². The van der Waals surface area contributed by atoms with Crippen LogP contribution < -0.4 is 10.1 Å². The van der Waals surface area contributed by atoms with Crippen molar-refractivity contribution in [3.63, 3.8) is 0 Å². The molecule has 1 heterocycles. The first kappa shape index (κ1) is 19.9. The van der Waals surface area contributed by atoms with Gasteiger partial charge in [-0.25, -0.2) is 0 Å². The molecule has 2 aromatic carbocycles. The van der Waals surface area contributed by atoms with Crippen LogP contribution in [0.5, 0.6) is 5.75 Å². The van der Waals surface area contributed by atoms with Gasteiger partial charge in [0.25, 0.3) is 0 Å². The minimum Gasteiger partial charge on any atom is -0.494 e. The van der Waals surface area contributed by atoms with E-state index in [4.69, 9.17) is 4.74 Å². The lowest BCUT2D eigenvalue weighted by atomic mass is 10.1. The summed E-state index contributed by atoms with van der Waals surface area (Å²) in [6.45, 7) is 3.97. The van der Waals surface area contributed by atoms with E-state index in [1.807, 2.05) is 60.4 Å². The van der Waals surface area contributed by atoms with Crippen LogP contribution in [0.2, 0.25) is 0 Å². The number of anilines is 1. The Labute approximate surface area is 166 Å². The van der Waals surface area contributed by atoms with Gasteiger partial charge in [0.2, 0.25) is 11.8 Å². The molecule has 0 saturated carbocycles. The predicted molar refractivity (Wildman–Crippen MR) is 110 cm³/mol. The van der Waals surface area contributed by atoms with Crippen LogP contribution in [-0.2, 0) is 22.6 Å². The number of carbonyl (C=O) groups excluding carboxylic acids is 2. The van der Waals surface area contributed by atoms with Crippen LogP contribution in [-0.4, -0.2) is 29.9 Å². The molecule has 28 heavy (non-hydrogen) atoms. The van der Waals surface area contributed by atoms with Gasteiger partial charge in [0.05, 0.1) is 6.61 Å². The lowest BCUT2D eigenvalue weighted by Crippen LogP contribution is -2.34. The molecule has 1 fully saturated rings. The number of rotatable bonds is 8. The van der Waals surface area contributed by atoms with Gasteiger partial charge in [-0.1, -0.05) is 30.3 Å². The van der Waals surface area contributed by atoms with Crippen LogP contribution in [0.1, 0.15) is 43.7 Å². The van der Waals surface area contributed by atoms with Crippen LogP contribution in [0.25, 0.3) is 0 Å². The van der Waals surface area contributed by atoms with Gasteiger partial charge in [-0.2, -0.15) is 0 Å². The molecule has 0 radical (unpaired) electrons. The smallest absolute Gasteiger partial charge is 0.224 e. The largest absolute Gasteiger partial charge is 0.494 e. The van der Waals surface area contributed by atoms with Crippen LogP contribution in [0.15, 0.2) is 48.5 Å². The number of likely N-dealkylation sites (tertiary alicyclic amines) is 1. The molecular weight excluding hydrogens is 352 g/mol. The first-order valence-corrected chi connectivity index (χ1v) is 10.0. The molecule has 0 spiro atoms. The second-order valence-corrected chi connectivity index (χ2v) is 7.06. The average molecular weight is 380 g/mol. The number of benzene rings is 2. The average Bonchev–Trinajstić information content (AvgIpc) is 2.70. The van der Waals surface area contributed by atoms with E-state index >= 15 is 0 Å². The molecule has 5 heteroatoms. The summed E-state index contributed by atoms with van der Waals surface area (Å²) >= 11 is 0. The number of para-hydroxylation sites is 1. The summed E-state index contributed by atoms with van der Waals surface area (Å²) in [5.74, 6) is 1.03. The number of nitrogens with zero attached hydrogens (tertiary/aromatic N) is 1. The standard InChI is InChI=1S/C23H28N2O3/c1-2-28-21-11-4-3-9-19(21)13-14-22(26)24-20-10-7-8-18(16-20)17-25-15-6-5-12-23(25)27/h3-4,7-11,16H,2,5-6,12-15,17H2,1H3,(H,24,26). The molecule has 1 N–H and O–H groups in total. The molecule has 2 aromatic rings. The zero-order valence-electron chi connectivity index (χ0n) is 16.4. The lowest BCUT2D eigenvalue weighted by Gasteiger charge is -2.26. The highest BCUT2D eigenvalue weighted by atomic mass is 16.5. The van der Waals surface area contributed by atoms with Crippen LogP contribution in [0.3, 0.4) is 0 Å². The van der Waals surface area contributed by atoms with Crippen molar-refractivity contribution >= 4 is 17.5 Å². The first-order chi connectivity index (χ1) is 13.7. The third kappa shape index (κ3) is 5.59. The predicted octanol–water partition coefficient (Wildman–Crippen LogP) is 4.17. The maximum atomic E-state index is 12.4. The van der Waals surface area contributed by atoms with Crippen molar-refractivity contribution in [1.82, 2.24) is 4.90 Å². The molecule has 148 valence electrons. The Hall–Kier alpha value is -2.82. The van der Waals surface area contributed by atoms with Gasteiger partial charge in [-0.3, -0.25) is 9.59 Å². The number of aryl methyl sites for hydroxylation is 1. The second kappa shape index (κ2) is 9.93. The highest BCUT2D eigenvalue weighted by Crippen LogP contribution is 2.20. The highest BCUT2D eigenvalue weighted by Gasteiger charge is 2.18. The van der Waals surface area contributed by atoms with E-state index in [-0.39, 0.29) is 11.8 Å². The van der Waals surface area contributed by atoms with E-state index < -0.39 is 0 Å². The molecule has 0 aliphatic carbocycles. The topological polar surface area (TPSA) is 58.6 Å². The number of carbonyl (C=O) groups is 2. The van der Waals surface area contributed by atoms with Gasteiger partial charge in [0, 0.05) is 31.6 Å². The Morgan fingerprint density at radius 3 is 2.82 bits per heavy atom. The fourth-order valence-corrected chi connectivity index (χ4v) is 3.48. The number of ether oxygens (including phenoxy) is 1. The zero-order chi connectivity index (χ0) is 19.8. The quantitative estimate of drug-likeness (QED) is 0.748. The first-order valence-electron chi connectivity index (χ1n) is 10.0. The Morgan fingerprint density at radius 1 is 1.14 bits per heavy atom. The lowest BCUT2D eigenvalue weighted by molar-refractivity contribution is -0.133. The van der Waals surface area contributed by atoms with Crippen molar-refractivity contribution < 1.29 is 14.3 Å². The maximum Gasteiger partial charge on any atom is 0.224 e. The molecule has 0 unspecified atom stereocenters. The normalized spacial score (nSPS) is 14.0. The highest BCUT2D eigenvalue weighted by molar-refractivity contribution is 5.91. The molecule has 0 atom stereocenters. The van der Waals surface area contributed by atoms with Crippen molar-refractivity contribution in [3.8, 4) is 5.75 Å². The maximum absolute atomic E-state index is 12.4. The number of hydrogen-bond acceptors (Lipinski definition) is 3. The zero-order valence-corrected chi connectivity index (χ0v) is 16.4. The number of hydrogen-bond donors (Lipinski definition) is 1. The molecule has 1 saturated heterocycles. The summed E-state index contributed by atoms with van der Waals surface area (Å²) in [6.07, 6.45) is 3.70. The third-order valence-corrected chi connectivity index (χ3v) is 4.90. The monoisotopic (exact) mass is 380 g/mol. The molecule has 1 aliphatic heterocycles. The fraction of sp³-hybridized carbons (Fsp3) is 0.391. The number of amides is 2. The van der Waals surface area contributed by atoms with E-state index in [0.29, 0.717) is 32.4 Å². The Balaban J connectivity index is 1.55. The Morgan fingerprint density at radius 2 is 2.00 bits per heavy atom. The van der Waals surface area contributed by atoms with Crippen molar-refractivity contribution in [2.45, 2.75) is 45.6 Å². The minimum absolute atomic E-state index is 0.0301. The number of nitrogens with one attached hydrogen (secondary N) is 1. The summed E-state index contributed by atoms with van der Waals surface area (Å²) in [7, 11) is 0. The van der Waals surface area contributed by atoms with E-state index in [0.717, 1.165) is 42.0 Å². The van der Waals surface area contributed by atoms with Gasteiger partial charge in [0.1, 0.15) is 5.75 Å². The molecule has 2 amide bonds. The summed E-state index contributed by atoms with van der Waals surface area (Å²) in [6, 6.07) is 15.6. The third-order valence-electron chi connectivity index (χ3n) is 4.90. The number of piperidine rings is 1. The molecule has 1 aliphatic rings. The van der Waals surface area contributed by atoms with Crippen molar-refractivity contribution in [2.75, 3.05) is 18.5 Å². The van der Waals surface area contributed by atoms with E-state index in [1.165, 1.54) is 0 Å². The Bertz CT molecular complexity index is 819. The minimum atomic E-state index is -0.0301. The van der Waals surface area contributed by atoms with Gasteiger partial charge in [0.15, 0.2) is 0 Å². The second-order valence-electron chi connectivity index (χ2n) is 7.06. The summed E-state index contributed by atoms with van der Waals surface area (Å²) in [4.78, 5) is 26.3. The van der Waals surface area contributed by atoms with Crippen LogP contribution in [0.4, 0.5) is 5.69 Å². The molecule has 0 bridgehead atoms. The summed E-state index contributed by atoms with van der Waals surface area (Å²) < 4.78 is 5.62. The molecule has 3 rings (SSSR count). The van der Waals surface area contributed by atoms with Crippen LogP contribution in [0, 0.1) is 0 Å². The molecule has 0 aromatic heterocycles. The van der Waals surface area contributed by atoms with Crippen molar-refractivity contribution in [2.24, 2.45) is 0 Å². The van der Waals surface area contributed by atoms with Gasteiger partial charge >= 0.3 is 0 Å². The fourth-order valence-electron chi connectivity index (χ4n) is 3.48. The summed E-state index contributed by atoms with van der Waals surface area (Å²) in [5.41, 5.74) is 2.84. The van der Waals surface area contributed by atoms with Crippen molar-refractivity contribution in [3.05, 3.63) is 59.7 Å². The van der Waals surface area contributed by atoms with Gasteiger partial charge < -0.3 is 15.0 Å².